The predicted octanol–water partition coefficient (Wildman–Crippen LogP) is 2.92. The fourth-order valence-corrected chi connectivity index (χ4v) is 1.09. The first kappa shape index (κ1) is 14.5. The summed E-state index contributed by atoms with van der Waals surface area (Å²) in [4.78, 5) is 7.27. The Morgan fingerprint density at radius 3 is 2.22 bits per heavy atom. The Morgan fingerprint density at radius 1 is 1.28 bits per heavy atom. The number of nitrogens with one attached hydrogen (secondary N) is 1. The standard InChI is InChI=1S/C11H17F3N4/c1-6(10(2,3)4)17-9-16-5-7(8(15)18-9)11(12,13)14/h5-6H,1-4H3,(H3,15,16,17,18). The molecule has 0 aromatic carbocycles. The number of hydrogen-bond acceptors (Lipinski definition) is 4. The summed E-state index contributed by atoms with van der Waals surface area (Å²) in [5.74, 6) is -0.468. The Balaban J connectivity index is 2.93. The van der Waals surface area contributed by atoms with Crippen LogP contribution in [0.25, 0.3) is 0 Å². The molecular weight excluding hydrogens is 245 g/mol. The van der Waals surface area contributed by atoms with Crippen LogP contribution in [0.5, 0.6) is 0 Å². The van der Waals surface area contributed by atoms with E-state index in [1.165, 1.54) is 0 Å². The lowest BCUT2D eigenvalue weighted by molar-refractivity contribution is -0.137. The zero-order valence-corrected chi connectivity index (χ0v) is 10.8. The second-order valence-electron chi connectivity index (χ2n) is 5.22. The quantitative estimate of drug-likeness (QED) is 0.860. The van der Waals surface area contributed by atoms with Crippen molar-refractivity contribution < 1.29 is 13.2 Å². The number of rotatable bonds is 2. The summed E-state index contributed by atoms with van der Waals surface area (Å²) in [5.41, 5.74) is 4.20. The fraction of sp³-hybridized carbons (Fsp3) is 0.636. The van der Waals surface area contributed by atoms with Crippen molar-refractivity contribution in [3.63, 3.8) is 0 Å². The molecule has 0 aliphatic carbocycles. The average molecular weight is 262 g/mol. The number of nitrogens with two attached hydrogens (primary N) is 1. The van der Waals surface area contributed by atoms with Gasteiger partial charge < -0.3 is 11.1 Å². The van der Waals surface area contributed by atoms with Crippen LogP contribution in [0.15, 0.2) is 6.20 Å². The van der Waals surface area contributed by atoms with E-state index in [2.05, 4.69) is 15.3 Å². The molecule has 4 nitrogen and oxygen atoms in total. The second kappa shape index (κ2) is 4.62. The number of halogens is 3. The maximum Gasteiger partial charge on any atom is 0.421 e. The normalized spacial score (nSPS) is 14.4. The minimum Gasteiger partial charge on any atom is -0.383 e. The largest absolute Gasteiger partial charge is 0.421 e. The smallest absolute Gasteiger partial charge is 0.383 e. The highest BCUT2D eigenvalue weighted by molar-refractivity contribution is 5.44. The topological polar surface area (TPSA) is 63.8 Å². The summed E-state index contributed by atoms with van der Waals surface area (Å²) in [6.07, 6.45) is -3.84. The molecule has 0 saturated carbocycles. The van der Waals surface area contributed by atoms with Crippen LogP contribution in [-0.2, 0) is 6.18 Å². The molecule has 1 atom stereocenters. The van der Waals surface area contributed by atoms with Gasteiger partial charge >= 0.3 is 6.18 Å². The molecule has 1 aromatic heterocycles. The number of anilines is 2. The Bertz CT molecular complexity index is 423. The van der Waals surface area contributed by atoms with Gasteiger partial charge in [-0.15, -0.1) is 0 Å². The van der Waals surface area contributed by atoms with E-state index in [0.29, 0.717) is 6.20 Å². The van der Waals surface area contributed by atoms with Crippen LogP contribution < -0.4 is 11.1 Å². The van der Waals surface area contributed by atoms with Crippen molar-refractivity contribution in [2.75, 3.05) is 11.1 Å². The zero-order chi connectivity index (χ0) is 14.1. The van der Waals surface area contributed by atoms with Crippen LogP contribution in [0.4, 0.5) is 24.9 Å². The third-order valence-corrected chi connectivity index (χ3v) is 2.77. The van der Waals surface area contributed by atoms with Crippen LogP contribution in [0.2, 0.25) is 0 Å². The van der Waals surface area contributed by atoms with Crippen molar-refractivity contribution in [1.29, 1.82) is 0 Å². The van der Waals surface area contributed by atoms with Gasteiger partial charge in [0.05, 0.1) is 0 Å². The molecule has 102 valence electrons. The average Bonchev–Trinajstić information content (AvgIpc) is 2.13. The summed E-state index contributed by atoms with van der Waals surface area (Å²) >= 11 is 0. The molecule has 1 rings (SSSR count). The third kappa shape index (κ3) is 3.48. The number of hydrogen-bond donors (Lipinski definition) is 2. The van der Waals surface area contributed by atoms with E-state index in [4.69, 9.17) is 5.73 Å². The lowest BCUT2D eigenvalue weighted by atomic mass is 9.88. The number of nitrogen functional groups attached to an aromatic ring is 1. The highest BCUT2D eigenvalue weighted by atomic mass is 19.4. The van der Waals surface area contributed by atoms with Crippen LogP contribution in [0.1, 0.15) is 33.3 Å². The fourth-order valence-electron chi connectivity index (χ4n) is 1.09. The van der Waals surface area contributed by atoms with Crippen LogP contribution in [-0.4, -0.2) is 16.0 Å². The molecular formula is C11H17F3N4. The molecule has 0 amide bonds. The van der Waals surface area contributed by atoms with E-state index in [-0.39, 0.29) is 17.4 Å². The molecule has 1 aromatic rings. The molecule has 0 radical (unpaired) electrons. The monoisotopic (exact) mass is 262 g/mol. The first-order valence-electron chi connectivity index (χ1n) is 5.48. The van der Waals surface area contributed by atoms with Gasteiger partial charge in [-0.2, -0.15) is 18.2 Å². The molecule has 3 N–H and O–H groups in total. The van der Waals surface area contributed by atoms with E-state index in [1.807, 2.05) is 27.7 Å². The highest BCUT2D eigenvalue weighted by Gasteiger charge is 2.34. The van der Waals surface area contributed by atoms with Gasteiger partial charge in [0.15, 0.2) is 0 Å². The van der Waals surface area contributed by atoms with Gasteiger partial charge in [0.25, 0.3) is 0 Å². The van der Waals surface area contributed by atoms with Crippen molar-refractivity contribution in [3.05, 3.63) is 11.8 Å². The lowest BCUT2D eigenvalue weighted by Gasteiger charge is -2.28. The minimum absolute atomic E-state index is 0.00589. The van der Waals surface area contributed by atoms with E-state index in [9.17, 15) is 13.2 Å². The number of alkyl halides is 3. The Morgan fingerprint density at radius 2 is 1.83 bits per heavy atom. The minimum atomic E-state index is -4.53. The van der Waals surface area contributed by atoms with Gasteiger partial charge in [-0.1, -0.05) is 20.8 Å². The molecule has 18 heavy (non-hydrogen) atoms. The van der Waals surface area contributed by atoms with Crippen LogP contribution >= 0.6 is 0 Å². The van der Waals surface area contributed by atoms with Gasteiger partial charge in [-0.05, 0) is 12.3 Å². The maximum absolute atomic E-state index is 12.5. The lowest BCUT2D eigenvalue weighted by Crippen LogP contribution is -2.31. The summed E-state index contributed by atoms with van der Waals surface area (Å²) in [7, 11) is 0. The van der Waals surface area contributed by atoms with Crippen LogP contribution in [0, 0.1) is 5.41 Å². The maximum atomic E-state index is 12.5. The molecule has 0 aliphatic rings. The summed E-state index contributed by atoms with van der Waals surface area (Å²) in [6.45, 7) is 7.89. The van der Waals surface area contributed by atoms with E-state index < -0.39 is 17.6 Å². The second-order valence-corrected chi connectivity index (χ2v) is 5.22. The first-order valence-corrected chi connectivity index (χ1v) is 5.48. The Hall–Kier alpha value is -1.53. The molecule has 0 saturated heterocycles. The van der Waals surface area contributed by atoms with Crippen LogP contribution in [0.3, 0.4) is 0 Å². The van der Waals surface area contributed by atoms with Gasteiger partial charge in [0, 0.05) is 12.2 Å². The van der Waals surface area contributed by atoms with Crippen molar-refractivity contribution in [2.45, 2.75) is 39.9 Å². The Kier molecular flexibility index (Phi) is 3.73. The number of nitrogens with zero attached hydrogens (tertiary/aromatic N) is 2. The highest BCUT2D eigenvalue weighted by Crippen LogP contribution is 2.32. The van der Waals surface area contributed by atoms with Gasteiger partial charge in [0.2, 0.25) is 5.95 Å². The molecule has 1 heterocycles. The zero-order valence-electron chi connectivity index (χ0n) is 10.8. The van der Waals surface area contributed by atoms with Crippen molar-refractivity contribution in [3.8, 4) is 0 Å². The molecule has 0 bridgehead atoms. The summed E-state index contributed by atoms with van der Waals surface area (Å²) < 4.78 is 37.4. The third-order valence-electron chi connectivity index (χ3n) is 2.77. The summed E-state index contributed by atoms with van der Waals surface area (Å²) in [6, 6.07) is -0.00589. The van der Waals surface area contributed by atoms with Gasteiger partial charge in [0.1, 0.15) is 11.4 Å². The first-order chi connectivity index (χ1) is 8.01. The van der Waals surface area contributed by atoms with Gasteiger partial charge in [-0.25, -0.2) is 4.98 Å². The summed E-state index contributed by atoms with van der Waals surface area (Å²) in [5, 5.41) is 2.93. The molecule has 7 heteroatoms. The SMILES string of the molecule is CC(Nc1ncc(C(F)(F)F)c(N)n1)C(C)(C)C. The van der Waals surface area contributed by atoms with Crippen molar-refractivity contribution in [2.24, 2.45) is 5.41 Å². The molecule has 0 fully saturated rings. The molecule has 0 aliphatic heterocycles. The predicted molar refractivity (Wildman–Crippen MR) is 64.0 cm³/mol. The van der Waals surface area contributed by atoms with Crippen molar-refractivity contribution >= 4 is 11.8 Å². The number of aromatic nitrogens is 2. The van der Waals surface area contributed by atoms with E-state index in [0.717, 1.165) is 0 Å². The molecule has 0 spiro atoms. The molecule has 1 unspecified atom stereocenters. The van der Waals surface area contributed by atoms with E-state index >= 15 is 0 Å². The van der Waals surface area contributed by atoms with Crippen molar-refractivity contribution in [1.82, 2.24) is 9.97 Å². The Labute approximate surface area is 104 Å². The van der Waals surface area contributed by atoms with Gasteiger partial charge in [-0.3, -0.25) is 0 Å². The van der Waals surface area contributed by atoms with E-state index in [1.54, 1.807) is 0 Å².